The van der Waals surface area contributed by atoms with E-state index >= 15 is 0 Å². The Kier molecular flexibility index (Phi) is 7.15. The van der Waals surface area contributed by atoms with Crippen LogP contribution in [0.4, 0.5) is 5.13 Å². The SMILES string of the molecule is CCc1cc(C)ccc1C(O)=C1C(=O)C(=O)N(c2ncc(S(=O)(=O)c3ccccc3)s2)C1c1cccc(Cl)c1. The second-order valence-electron chi connectivity index (χ2n) is 9.02. The van der Waals surface area contributed by atoms with Crippen LogP contribution in [0.2, 0.25) is 5.02 Å². The average molecular weight is 579 g/mol. The maximum atomic E-state index is 13.5. The quantitative estimate of drug-likeness (QED) is 0.168. The Morgan fingerprint density at radius 3 is 2.49 bits per heavy atom. The van der Waals surface area contributed by atoms with Gasteiger partial charge < -0.3 is 5.11 Å². The van der Waals surface area contributed by atoms with Crippen LogP contribution in [0.15, 0.2) is 93.7 Å². The van der Waals surface area contributed by atoms with Crippen LogP contribution < -0.4 is 4.90 Å². The largest absolute Gasteiger partial charge is 0.507 e. The molecule has 4 aromatic rings. The van der Waals surface area contributed by atoms with Gasteiger partial charge in [-0.15, -0.1) is 0 Å². The third kappa shape index (κ3) is 4.78. The molecule has 39 heavy (non-hydrogen) atoms. The summed E-state index contributed by atoms with van der Waals surface area (Å²) in [6.45, 7) is 3.86. The summed E-state index contributed by atoms with van der Waals surface area (Å²) in [5, 5.41) is 11.9. The van der Waals surface area contributed by atoms with Crippen LogP contribution in [0, 0.1) is 6.92 Å². The third-order valence-electron chi connectivity index (χ3n) is 6.50. The van der Waals surface area contributed by atoms with E-state index in [4.69, 9.17) is 11.6 Å². The van der Waals surface area contributed by atoms with E-state index in [-0.39, 0.29) is 25.6 Å². The Morgan fingerprint density at radius 1 is 1.05 bits per heavy atom. The Labute approximate surface area is 234 Å². The molecule has 10 heteroatoms. The van der Waals surface area contributed by atoms with Crippen LogP contribution >= 0.6 is 22.9 Å². The Hall–Kier alpha value is -3.79. The summed E-state index contributed by atoms with van der Waals surface area (Å²) in [5.41, 5.74) is 2.60. The Morgan fingerprint density at radius 2 is 1.79 bits per heavy atom. The molecule has 2 heterocycles. The molecule has 1 fully saturated rings. The first-order chi connectivity index (χ1) is 18.6. The lowest BCUT2D eigenvalue weighted by atomic mass is 9.92. The molecule has 0 aliphatic carbocycles. The van der Waals surface area contributed by atoms with Gasteiger partial charge in [0, 0.05) is 10.6 Å². The molecule has 7 nitrogen and oxygen atoms in total. The molecule has 0 radical (unpaired) electrons. The first-order valence-electron chi connectivity index (χ1n) is 12.1. The molecule has 1 atom stereocenters. The number of aliphatic hydroxyl groups excluding tert-OH is 1. The minimum Gasteiger partial charge on any atom is -0.507 e. The molecular weight excluding hydrogens is 556 g/mol. The van der Waals surface area contributed by atoms with Crippen LogP contribution in [0.3, 0.4) is 0 Å². The number of benzene rings is 3. The zero-order chi connectivity index (χ0) is 27.9. The number of rotatable bonds is 6. The highest BCUT2D eigenvalue weighted by atomic mass is 35.5. The van der Waals surface area contributed by atoms with Gasteiger partial charge in [-0.2, -0.15) is 0 Å². The lowest BCUT2D eigenvalue weighted by molar-refractivity contribution is -0.132. The van der Waals surface area contributed by atoms with Gasteiger partial charge in [-0.25, -0.2) is 13.4 Å². The van der Waals surface area contributed by atoms with Crippen LogP contribution in [-0.4, -0.2) is 30.2 Å². The summed E-state index contributed by atoms with van der Waals surface area (Å²) in [6.07, 6.45) is 1.76. The first-order valence-corrected chi connectivity index (χ1v) is 14.7. The number of thiazole rings is 1. The highest BCUT2D eigenvalue weighted by Crippen LogP contribution is 2.45. The van der Waals surface area contributed by atoms with E-state index < -0.39 is 27.6 Å². The number of carbonyl (C=O) groups excluding carboxylic acids is 2. The molecule has 0 saturated carbocycles. The van der Waals surface area contributed by atoms with Crippen LogP contribution in [0.25, 0.3) is 5.76 Å². The molecule has 5 rings (SSSR count). The van der Waals surface area contributed by atoms with Gasteiger partial charge in [0.25, 0.3) is 5.78 Å². The van der Waals surface area contributed by atoms with Crippen LogP contribution in [-0.2, 0) is 25.8 Å². The molecular formula is C29H23ClN2O5S2. The molecule has 1 aromatic heterocycles. The number of amides is 1. The summed E-state index contributed by atoms with van der Waals surface area (Å²) < 4.78 is 26.3. The summed E-state index contributed by atoms with van der Waals surface area (Å²) in [5.74, 6) is -2.14. The number of hydrogen-bond acceptors (Lipinski definition) is 7. The van der Waals surface area contributed by atoms with E-state index in [2.05, 4.69) is 4.98 Å². The monoisotopic (exact) mass is 578 g/mol. The molecule has 198 valence electrons. The summed E-state index contributed by atoms with van der Waals surface area (Å²) in [4.78, 5) is 32.4. The molecule has 3 aromatic carbocycles. The second kappa shape index (κ2) is 10.4. The van der Waals surface area contributed by atoms with Crippen molar-refractivity contribution >= 4 is 55.4 Å². The van der Waals surface area contributed by atoms with Gasteiger partial charge in [0.1, 0.15) is 9.97 Å². The Balaban J connectivity index is 1.69. The van der Waals surface area contributed by atoms with Crippen LogP contribution in [0.1, 0.15) is 35.2 Å². The number of nitrogens with zero attached hydrogens (tertiary/aromatic N) is 2. The van der Waals surface area contributed by atoms with Gasteiger partial charge in [-0.1, -0.05) is 84.0 Å². The molecule has 1 unspecified atom stereocenters. The molecule has 1 amide bonds. The fourth-order valence-electron chi connectivity index (χ4n) is 4.62. The number of anilines is 1. The molecule has 0 bridgehead atoms. The van der Waals surface area contributed by atoms with Gasteiger partial charge in [0.15, 0.2) is 5.13 Å². The summed E-state index contributed by atoms with van der Waals surface area (Å²) >= 11 is 7.05. The minimum absolute atomic E-state index is 0.00949. The number of aromatic nitrogens is 1. The van der Waals surface area contributed by atoms with E-state index in [1.54, 1.807) is 48.5 Å². The van der Waals surface area contributed by atoms with E-state index in [0.717, 1.165) is 27.4 Å². The lowest BCUT2D eigenvalue weighted by Crippen LogP contribution is -2.29. The fraction of sp³-hybridized carbons (Fsp3) is 0.138. The van der Waals surface area contributed by atoms with Gasteiger partial charge in [0.2, 0.25) is 9.84 Å². The van der Waals surface area contributed by atoms with E-state index in [1.165, 1.54) is 18.3 Å². The van der Waals surface area contributed by atoms with E-state index in [0.29, 0.717) is 22.6 Å². The first kappa shape index (κ1) is 26.8. The second-order valence-corrected chi connectivity index (χ2v) is 12.6. The number of aryl methyl sites for hydroxylation is 2. The molecule has 1 aliphatic heterocycles. The van der Waals surface area contributed by atoms with Crippen molar-refractivity contribution in [2.24, 2.45) is 0 Å². The zero-order valence-corrected chi connectivity index (χ0v) is 23.3. The van der Waals surface area contributed by atoms with Gasteiger partial charge >= 0.3 is 5.91 Å². The smallest absolute Gasteiger partial charge is 0.301 e. The lowest BCUT2D eigenvalue weighted by Gasteiger charge is -2.23. The minimum atomic E-state index is -3.90. The number of halogens is 1. The van der Waals surface area contributed by atoms with Crippen molar-refractivity contribution < 1.29 is 23.1 Å². The molecule has 0 spiro atoms. The van der Waals surface area contributed by atoms with Crippen molar-refractivity contribution in [1.29, 1.82) is 0 Å². The van der Waals surface area contributed by atoms with E-state index in [9.17, 15) is 23.1 Å². The number of ketones is 1. The average Bonchev–Trinajstić information content (AvgIpc) is 3.52. The molecule has 1 saturated heterocycles. The van der Waals surface area contributed by atoms with Gasteiger partial charge in [0.05, 0.1) is 22.7 Å². The highest BCUT2D eigenvalue weighted by Gasteiger charge is 2.48. The van der Waals surface area contributed by atoms with Crippen molar-refractivity contribution in [3.8, 4) is 0 Å². The molecule has 1 N–H and O–H groups in total. The van der Waals surface area contributed by atoms with Crippen LogP contribution in [0.5, 0.6) is 0 Å². The predicted octanol–water partition coefficient (Wildman–Crippen LogP) is 6.13. The van der Waals surface area contributed by atoms with Gasteiger partial charge in [-0.3, -0.25) is 14.5 Å². The molecule has 1 aliphatic rings. The zero-order valence-electron chi connectivity index (χ0n) is 21.0. The highest BCUT2D eigenvalue weighted by molar-refractivity contribution is 7.93. The van der Waals surface area contributed by atoms with Crippen molar-refractivity contribution in [2.45, 2.75) is 35.4 Å². The summed E-state index contributed by atoms with van der Waals surface area (Å²) in [6, 6.07) is 18.9. The normalized spacial score (nSPS) is 17.1. The maximum Gasteiger partial charge on any atom is 0.301 e. The van der Waals surface area contributed by atoms with E-state index in [1.807, 2.05) is 26.0 Å². The fourth-order valence-corrected chi connectivity index (χ4v) is 7.38. The summed E-state index contributed by atoms with van der Waals surface area (Å²) in [7, 11) is -3.90. The van der Waals surface area contributed by atoms with Crippen molar-refractivity contribution in [2.75, 3.05) is 4.90 Å². The topological polar surface area (TPSA) is 105 Å². The number of hydrogen-bond donors (Lipinski definition) is 1. The van der Waals surface area contributed by atoms with Gasteiger partial charge in [-0.05, 0) is 48.7 Å². The van der Waals surface area contributed by atoms with Crippen molar-refractivity contribution in [3.05, 3.63) is 112 Å². The predicted molar refractivity (Wildman–Crippen MR) is 151 cm³/mol. The number of aliphatic hydroxyl groups is 1. The van der Waals surface area contributed by atoms with Crippen molar-refractivity contribution in [3.63, 3.8) is 0 Å². The Bertz CT molecular complexity index is 1750. The standard InChI is InChI=1S/C29H23ClN2O5S2/c1-3-18-14-17(2)12-13-22(18)26(33)24-25(19-8-7-9-20(30)15-19)32(28(35)27(24)34)29-31-16-23(38-29)39(36,37)21-10-5-4-6-11-21/h4-16,25,33H,3H2,1-2H3. The number of sulfone groups is 1. The van der Waals surface area contributed by atoms with Crippen molar-refractivity contribution in [1.82, 2.24) is 4.98 Å². The maximum absolute atomic E-state index is 13.5. The number of carbonyl (C=O) groups is 2. The number of Topliss-reactive ketones (excluding diaryl/α,β-unsaturated/α-hetero) is 1. The third-order valence-corrected chi connectivity index (χ3v) is 9.96.